The molecule has 0 unspecified atom stereocenters. The zero-order valence-electron chi connectivity index (χ0n) is 13.9. The van der Waals surface area contributed by atoms with Gasteiger partial charge in [0, 0.05) is 17.1 Å². The Morgan fingerprint density at radius 3 is 2.17 bits per heavy atom. The Hall–Kier alpha value is -0.120. The van der Waals surface area contributed by atoms with E-state index in [-0.39, 0.29) is 24.8 Å². The van der Waals surface area contributed by atoms with Crippen molar-refractivity contribution in [2.45, 2.75) is 33.4 Å². The van der Waals surface area contributed by atoms with E-state index in [9.17, 15) is 0 Å². The molecular formula is C17H22Cl2NOSiZr. The van der Waals surface area contributed by atoms with Crippen molar-refractivity contribution in [2.75, 3.05) is 0 Å². The third kappa shape index (κ3) is 6.03. The van der Waals surface area contributed by atoms with Crippen LogP contribution >= 0.6 is 0 Å². The normalized spacial score (nSPS) is 11.7. The monoisotopic (exact) mass is 444 g/mol. The molecule has 3 rings (SSSR count). The van der Waals surface area contributed by atoms with E-state index in [0.717, 1.165) is 6.42 Å². The molecule has 1 aliphatic carbocycles. The van der Waals surface area contributed by atoms with Gasteiger partial charge >= 0.3 is 49.8 Å². The van der Waals surface area contributed by atoms with Crippen LogP contribution in [0.15, 0.2) is 42.0 Å². The molecule has 6 heteroatoms. The van der Waals surface area contributed by atoms with Gasteiger partial charge in [-0.15, -0.1) is 0 Å². The number of nitrogens with zero attached hydrogens (tertiary/aromatic N) is 1. The SMILES string of the molecule is CC1=Cc2c(cc(C)n2-c2ccccc2)C1.C[SiH](C)[O][Zr+2].[Cl-].[Cl-]. The number of benzene rings is 1. The molecule has 1 aliphatic rings. The molecule has 0 saturated carbocycles. The van der Waals surface area contributed by atoms with Crippen molar-refractivity contribution in [3.05, 3.63) is 58.9 Å². The quantitative estimate of drug-likeness (QED) is 0.497. The van der Waals surface area contributed by atoms with Gasteiger partial charge in [0.25, 0.3) is 0 Å². The number of hydrogen-bond donors (Lipinski definition) is 0. The zero-order chi connectivity index (χ0) is 15.4. The molecule has 0 bridgehead atoms. The standard InChI is InChI=1S/C15H15N.C2H7OSi.2ClH.Zr/c1-11-8-13-10-12(2)16(15(13)9-11)14-6-4-3-5-7-14;1-4(2)3;;;/h3-7,9-10H,8H2,1-2H3;4H,1-2H3;2*1H;/q;-1;;;+3/p-2. The Kier molecular flexibility index (Phi) is 10.6. The van der Waals surface area contributed by atoms with Crippen LogP contribution in [0, 0.1) is 6.92 Å². The fraction of sp³-hybridized carbons (Fsp3) is 0.294. The summed E-state index contributed by atoms with van der Waals surface area (Å²) in [7, 11) is -0.610. The van der Waals surface area contributed by atoms with Gasteiger partial charge in [-0.2, -0.15) is 0 Å². The van der Waals surface area contributed by atoms with E-state index in [1.807, 2.05) is 0 Å². The van der Waals surface area contributed by atoms with Crippen molar-refractivity contribution >= 4 is 15.1 Å². The van der Waals surface area contributed by atoms with Crippen LogP contribution in [0.3, 0.4) is 0 Å². The Labute approximate surface area is 169 Å². The average molecular weight is 447 g/mol. The number of hydrogen-bond acceptors (Lipinski definition) is 1. The van der Waals surface area contributed by atoms with Crippen molar-refractivity contribution in [2.24, 2.45) is 0 Å². The number of rotatable bonds is 2. The van der Waals surface area contributed by atoms with Crippen LogP contribution in [-0.2, 0) is 34.1 Å². The third-order valence-electron chi connectivity index (χ3n) is 3.41. The number of allylic oxidation sites excluding steroid dienone is 1. The molecule has 0 saturated heterocycles. The summed E-state index contributed by atoms with van der Waals surface area (Å²) in [6, 6.07) is 12.9. The van der Waals surface area contributed by atoms with Gasteiger partial charge in [0.15, 0.2) is 0 Å². The largest absolute Gasteiger partial charge is 1.00 e. The molecule has 1 heterocycles. The molecule has 0 N–H and O–H groups in total. The summed E-state index contributed by atoms with van der Waals surface area (Å²) >= 11 is 1.23. The minimum Gasteiger partial charge on any atom is -1.00 e. The summed E-state index contributed by atoms with van der Waals surface area (Å²) in [6.07, 6.45) is 3.41. The van der Waals surface area contributed by atoms with Crippen molar-refractivity contribution < 1.29 is 52.5 Å². The van der Waals surface area contributed by atoms with Crippen LogP contribution in [0.2, 0.25) is 13.1 Å². The maximum absolute atomic E-state index is 4.98. The predicted octanol–water partition coefficient (Wildman–Crippen LogP) is -1.80. The first-order valence-corrected chi connectivity index (χ1v) is 11.1. The van der Waals surface area contributed by atoms with Gasteiger partial charge < -0.3 is 29.4 Å². The Morgan fingerprint density at radius 2 is 1.65 bits per heavy atom. The number of halogens is 2. The van der Waals surface area contributed by atoms with Gasteiger partial charge in [0.1, 0.15) is 0 Å². The average Bonchev–Trinajstić information content (AvgIpc) is 2.94. The van der Waals surface area contributed by atoms with Gasteiger partial charge in [-0.25, -0.2) is 0 Å². The molecule has 0 amide bonds. The van der Waals surface area contributed by atoms with Gasteiger partial charge in [-0.1, -0.05) is 23.8 Å². The molecule has 2 nitrogen and oxygen atoms in total. The van der Waals surface area contributed by atoms with Crippen LogP contribution in [0.25, 0.3) is 11.8 Å². The molecule has 0 atom stereocenters. The summed E-state index contributed by atoms with van der Waals surface area (Å²) in [5.41, 5.74) is 6.85. The Balaban J connectivity index is 0.000000615. The Bertz CT molecular complexity index is 642. The van der Waals surface area contributed by atoms with Gasteiger partial charge in [0.2, 0.25) is 0 Å². The van der Waals surface area contributed by atoms with Crippen molar-refractivity contribution in [3.8, 4) is 5.69 Å². The molecule has 0 radical (unpaired) electrons. The van der Waals surface area contributed by atoms with Crippen LogP contribution < -0.4 is 24.8 Å². The van der Waals surface area contributed by atoms with Crippen molar-refractivity contribution in [1.29, 1.82) is 0 Å². The fourth-order valence-corrected chi connectivity index (χ4v) is 2.53. The van der Waals surface area contributed by atoms with Crippen LogP contribution in [0.4, 0.5) is 0 Å². The minimum absolute atomic E-state index is 0. The number of fused-ring (bicyclic) bond motifs is 1. The van der Waals surface area contributed by atoms with Crippen LogP contribution in [0.5, 0.6) is 0 Å². The second-order valence-electron chi connectivity index (χ2n) is 5.70. The minimum atomic E-state index is -0.610. The van der Waals surface area contributed by atoms with E-state index in [1.54, 1.807) is 0 Å². The summed E-state index contributed by atoms with van der Waals surface area (Å²) in [5, 5.41) is 0. The summed E-state index contributed by atoms with van der Waals surface area (Å²) in [6.45, 7) is 8.70. The molecule has 0 fully saturated rings. The summed E-state index contributed by atoms with van der Waals surface area (Å²) in [4.78, 5) is 0. The zero-order valence-corrected chi connectivity index (χ0v) is 19.1. The number of aryl methyl sites for hydroxylation is 1. The molecule has 1 aromatic heterocycles. The van der Waals surface area contributed by atoms with Gasteiger partial charge in [0.05, 0.1) is 0 Å². The predicted molar refractivity (Wildman–Crippen MR) is 87.8 cm³/mol. The summed E-state index contributed by atoms with van der Waals surface area (Å²) in [5.74, 6) is 0. The molecule has 23 heavy (non-hydrogen) atoms. The van der Waals surface area contributed by atoms with Gasteiger partial charge in [-0.05, 0) is 50.1 Å². The number of para-hydroxylation sites is 1. The maximum atomic E-state index is 4.98. The topological polar surface area (TPSA) is 14.2 Å². The molecule has 0 aliphatic heterocycles. The molecule has 0 spiro atoms. The first-order valence-electron chi connectivity index (χ1n) is 7.29. The second-order valence-corrected chi connectivity index (χ2v) is 9.77. The second kappa shape index (κ2) is 10.7. The van der Waals surface area contributed by atoms with E-state index in [4.69, 9.17) is 2.50 Å². The van der Waals surface area contributed by atoms with E-state index in [1.165, 1.54) is 53.4 Å². The Morgan fingerprint density at radius 1 is 1.09 bits per heavy atom. The molecule has 1 aromatic carbocycles. The first-order chi connectivity index (χ1) is 10.0. The van der Waals surface area contributed by atoms with E-state index in [2.05, 4.69) is 74.0 Å². The smallest absolute Gasteiger partial charge is 1.00 e. The van der Waals surface area contributed by atoms with E-state index < -0.39 is 9.04 Å². The fourth-order valence-electron chi connectivity index (χ4n) is 2.53. The van der Waals surface area contributed by atoms with Crippen LogP contribution in [-0.4, -0.2) is 13.6 Å². The maximum Gasteiger partial charge on any atom is -1.00 e. The van der Waals surface area contributed by atoms with Crippen LogP contribution in [0.1, 0.15) is 23.9 Å². The first kappa shape index (κ1) is 22.9. The van der Waals surface area contributed by atoms with Gasteiger partial charge in [-0.3, -0.25) is 0 Å². The van der Waals surface area contributed by atoms with E-state index in [0.29, 0.717) is 0 Å². The van der Waals surface area contributed by atoms with E-state index >= 15 is 0 Å². The molecule has 123 valence electrons. The van der Waals surface area contributed by atoms with Crippen molar-refractivity contribution in [3.63, 3.8) is 0 Å². The summed E-state index contributed by atoms with van der Waals surface area (Å²) < 4.78 is 7.32. The number of aromatic nitrogens is 1. The molecule has 2 aromatic rings. The van der Waals surface area contributed by atoms with Crippen molar-refractivity contribution in [1.82, 2.24) is 4.57 Å². The third-order valence-corrected chi connectivity index (χ3v) is 7.36. The molecular weight excluding hydrogens is 424 g/mol.